The van der Waals surface area contributed by atoms with Crippen LogP contribution < -0.4 is 10.9 Å². The lowest BCUT2D eigenvalue weighted by Crippen LogP contribution is -2.36. The molecule has 0 amide bonds. The van der Waals surface area contributed by atoms with E-state index in [1.165, 1.54) is 18.9 Å². The molecule has 1 aromatic heterocycles. The second kappa shape index (κ2) is 5.31. The van der Waals surface area contributed by atoms with Crippen molar-refractivity contribution in [1.82, 2.24) is 10.2 Å². The van der Waals surface area contributed by atoms with E-state index in [-0.39, 0.29) is 5.56 Å². The first-order valence-electron chi connectivity index (χ1n) is 6.19. The molecule has 0 bridgehead atoms. The highest BCUT2D eigenvalue weighted by Gasteiger charge is 2.27. The highest BCUT2D eigenvalue weighted by molar-refractivity contribution is 5.39. The fourth-order valence-corrected chi connectivity index (χ4v) is 2.30. The van der Waals surface area contributed by atoms with Crippen LogP contribution >= 0.6 is 0 Å². The van der Waals surface area contributed by atoms with Gasteiger partial charge in [-0.05, 0) is 12.8 Å². The molecule has 0 radical (unpaired) electrons. The zero-order chi connectivity index (χ0) is 12.1. The summed E-state index contributed by atoms with van der Waals surface area (Å²) in [6.07, 6.45) is 7.77. The Morgan fingerprint density at radius 1 is 1.35 bits per heavy atom. The molecule has 0 unspecified atom stereocenters. The lowest BCUT2D eigenvalue weighted by atomic mass is 9.94. The van der Waals surface area contributed by atoms with Gasteiger partial charge in [0.25, 0.3) is 5.56 Å². The molecule has 0 aliphatic heterocycles. The highest BCUT2D eigenvalue weighted by atomic mass is 16.3. The molecule has 2 rings (SSSR count). The Bertz CT molecular complexity index is 408. The van der Waals surface area contributed by atoms with Crippen molar-refractivity contribution in [3.05, 3.63) is 22.6 Å². The largest absolute Gasteiger partial charge is 0.388 e. The van der Waals surface area contributed by atoms with Gasteiger partial charge in [-0.2, -0.15) is 5.10 Å². The number of hydrogen-bond acceptors (Lipinski definition) is 4. The van der Waals surface area contributed by atoms with E-state index >= 15 is 0 Å². The van der Waals surface area contributed by atoms with Crippen LogP contribution in [0.15, 0.2) is 17.1 Å². The summed E-state index contributed by atoms with van der Waals surface area (Å²) in [5.41, 5.74) is -0.215. The number of rotatable bonds is 3. The van der Waals surface area contributed by atoms with Gasteiger partial charge in [-0.1, -0.05) is 25.7 Å². The topological polar surface area (TPSA) is 78.0 Å². The third-order valence-corrected chi connectivity index (χ3v) is 3.32. The Balaban J connectivity index is 1.94. The summed E-state index contributed by atoms with van der Waals surface area (Å²) in [7, 11) is 0. The zero-order valence-electron chi connectivity index (χ0n) is 9.91. The monoisotopic (exact) mass is 237 g/mol. The standard InChI is InChI=1S/C12H19N3O2/c16-11-7-10(8-14-15-11)13-9-12(17)5-3-1-2-4-6-12/h7-8,17H,1-6,9H2,(H2,13,15,16). The molecule has 0 saturated heterocycles. The molecule has 1 aromatic rings. The van der Waals surface area contributed by atoms with Gasteiger partial charge in [0, 0.05) is 12.6 Å². The van der Waals surface area contributed by atoms with Gasteiger partial charge in [0.1, 0.15) is 0 Å². The Morgan fingerprint density at radius 2 is 2.06 bits per heavy atom. The summed E-state index contributed by atoms with van der Waals surface area (Å²) in [6, 6.07) is 1.45. The van der Waals surface area contributed by atoms with Gasteiger partial charge in [-0.25, -0.2) is 5.10 Å². The Labute approximate surface area is 100 Å². The van der Waals surface area contributed by atoms with E-state index in [4.69, 9.17) is 0 Å². The van der Waals surface area contributed by atoms with E-state index in [1.54, 1.807) is 6.20 Å². The first-order valence-corrected chi connectivity index (χ1v) is 6.19. The molecule has 1 heterocycles. The Morgan fingerprint density at radius 3 is 2.71 bits per heavy atom. The number of hydrogen-bond donors (Lipinski definition) is 3. The minimum absolute atomic E-state index is 0.233. The summed E-state index contributed by atoms with van der Waals surface area (Å²) in [6.45, 7) is 0.484. The maximum absolute atomic E-state index is 11.1. The van der Waals surface area contributed by atoms with Gasteiger partial charge >= 0.3 is 0 Å². The lowest BCUT2D eigenvalue weighted by molar-refractivity contribution is 0.0381. The van der Waals surface area contributed by atoms with Gasteiger partial charge in [-0.3, -0.25) is 4.79 Å². The van der Waals surface area contributed by atoms with Crippen LogP contribution in [0.3, 0.4) is 0 Å². The SMILES string of the molecule is O=c1cc(NCC2(O)CCCCCC2)cn[nH]1. The van der Waals surface area contributed by atoms with Gasteiger partial charge in [0.05, 0.1) is 17.5 Å². The van der Waals surface area contributed by atoms with Crippen LogP contribution in [0.2, 0.25) is 0 Å². The summed E-state index contributed by atoms with van der Waals surface area (Å²) in [5.74, 6) is 0. The summed E-state index contributed by atoms with van der Waals surface area (Å²) < 4.78 is 0. The number of nitrogens with one attached hydrogen (secondary N) is 2. The molecular formula is C12H19N3O2. The predicted molar refractivity (Wildman–Crippen MR) is 66.0 cm³/mol. The second-order valence-electron chi connectivity index (χ2n) is 4.83. The third-order valence-electron chi connectivity index (χ3n) is 3.32. The average Bonchev–Trinajstić information content (AvgIpc) is 2.53. The molecule has 3 N–H and O–H groups in total. The number of aromatic amines is 1. The maximum atomic E-state index is 11.1. The summed E-state index contributed by atoms with van der Waals surface area (Å²) in [5, 5.41) is 19.5. The number of aliphatic hydroxyl groups is 1. The van der Waals surface area contributed by atoms with Crippen LogP contribution in [0.4, 0.5) is 5.69 Å². The van der Waals surface area contributed by atoms with Crippen molar-refractivity contribution in [2.45, 2.75) is 44.1 Å². The molecule has 0 atom stereocenters. The third kappa shape index (κ3) is 3.56. The molecule has 94 valence electrons. The van der Waals surface area contributed by atoms with Crippen LogP contribution in [0.5, 0.6) is 0 Å². The molecule has 17 heavy (non-hydrogen) atoms. The smallest absolute Gasteiger partial charge is 0.266 e. The van der Waals surface area contributed by atoms with Gasteiger partial charge < -0.3 is 10.4 Å². The van der Waals surface area contributed by atoms with Crippen molar-refractivity contribution in [1.29, 1.82) is 0 Å². The molecule has 1 aliphatic rings. The van der Waals surface area contributed by atoms with E-state index < -0.39 is 5.60 Å². The van der Waals surface area contributed by atoms with Crippen LogP contribution in [-0.2, 0) is 0 Å². The molecule has 1 fully saturated rings. The Hall–Kier alpha value is -1.36. The summed E-state index contributed by atoms with van der Waals surface area (Å²) in [4.78, 5) is 11.1. The van der Waals surface area contributed by atoms with Crippen molar-refractivity contribution in [3.63, 3.8) is 0 Å². The molecule has 0 aromatic carbocycles. The normalized spacial score (nSPS) is 19.6. The molecule has 1 aliphatic carbocycles. The van der Waals surface area contributed by atoms with Crippen molar-refractivity contribution in [2.75, 3.05) is 11.9 Å². The van der Waals surface area contributed by atoms with Crippen LogP contribution in [-0.4, -0.2) is 27.4 Å². The minimum Gasteiger partial charge on any atom is -0.388 e. The molecule has 5 nitrogen and oxygen atoms in total. The molecule has 0 spiro atoms. The Kier molecular flexibility index (Phi) is 3.78. The maximum Gasteiger partial charge on any atom is 0.266 e. The summed E-state index contributed by atoms with van der Waals surface area (Å²) >= 11 is 0. The van der Waals surface area contributed by atoms with E-state index in [0.29, 0.717) is 12.2 Å². The number of aromatic nitrogens is 2. The van der Waals surface area contributed by atoms with Gasteiger partial charge in [0.2, 0.25) is 0 Å². The first-order chi connectivity index (χ1) is 8.18. The molecular weight excluding hydrogens is 218 g/mol. The minimum atomic E-state index is -0.640. The first kappa shape index (κ1) is 12.1. The van der Waals surface area contributed by atoms with E-state index in [1.807, 2.05) is 0 Å². The number of H-pyrrole nitrogens is 1. The van der Waals surface area contributed by atoms with Gasteiger partial charge in [-0.15, -0.1) is 0 Å². The predicted octanol–water partition coefficient (Wildman–Crippen LogP) is 1.27. The van der Waals surface area contributed by atoms with Crippen molar-refractivity contribution >= 4 is 5.69 Å². The van der Waals surface area contributed by atoms with Crippen molar-refractivity contribution < 1.29 is 5.11 Å². The quantitative estimate of drug-likeness (QED) is 0.692. The number of anilines is 1. The average molecular weight is 237 g/mol. The second-order valence-corrected chi connectivity index (χ2v) is 4.83. The van der Waals surface area contributed by atoms with E-state index in [2.05, 4.69) is 15.5 Å². The van der Waals surface area contributed by atoms with Crippen molar-refractivity contribution in [3.8, 4) is 0 Å². The lowest BCUT2D eigenvalue weighted by Gasteiger charge is -2.27. The molecule has 1 saturated carbocycles. The zero-order valence-corrected chi connectivity index (χ0v) is 9.91. The van der Waals surface area contributed by atoms with E-state index in [0.717, 1.165) is 25.7 Å². The molecule has 5 heteroatoms. The van der Waals surface area contributed by atoms with Crippen molar-refractivity contribution in [2.24, 2.45) is 0 Å². The fraction of sp³-hybridized carbons (Fsp3) is 0.667. The fourth-order valence-electron chi connectivity index (χ4n) is 2.30. The number of nitrogens with zero attached hydrogens (tertiary/aromatic N) is 1. The van der Waals surface area contributed by atoms with Crippen LogP contribution in [0.1, 0.15) is 38.5 Å². The van der Waals surface area contributed by atoms with Crippen LogP contribution in [0.25, 0.3) is 0 Å². The van der Waals surface area contributed by atoms with Crippen LogP contribution in [0, 0.1) is 0 Å². The van der Waals surface area contributed by atoms with E-state index in [9.17, 15) is 9.90 Å². The highest BCUT2D eigenvalue weighted by Crippen LogP contribution is 2.27. The van der Waals surface area contributed by atoms with Gasteiger partial charge in [0.15, 0.2) is 0 Å².